The maximum absolute atomic E-state index is 12.0. The normalized spacial score (nSPS) is 11.6. The molecule has 3 nitrogen and oxygen atoms in total. The largest absolute Gasteiger partial charge is 0.573 e. The third kappa shape index (κ3) is 3.45. The lowest BCUT2D eigenvalue weighted by molar-refractivity contribution is -0.275. The Labute approximate surface area is 111 Å². The van der Waals surface area contributed by atoms with Crippen molar-refractivity contribution in [3.8, 4) is 5.75 Å². The molecule has 1 heterocycles. The van der Waals surface area contributed by atoms with E-state index in [-0.39, 0.29) is 15.9 Å². The van der Waals surface area contributed by atoms with Crippen molar-refractivity contribution in [3.63, 3.8) is 0 Å². The van der Waals surface area contributed by atoms with Crippen LogP contribution in [0.4, 0.5) is 13.2 Å². The third-order valence-corrected chi connectivity index (χ3v) is 3.42. The zero-order valence-electron chi connectivity index (χ0n) is 7.68. The molecule has 1 rings (SSSR count). The van der Waals surface area contributed by atoms with Gasteiger partial charge in [0.25, 0.3) is 0 Å². The zero-order chi connectivity index (χ0) is 12.3. The monoisotopic (exact) mass is 411 g/mol. The van der Waals surface area contributed by atoms with Gasteiger partial charge in [0, 0.05) is 10.9 Å². The van der Waals surface area contributed by atoms with Crippen molar-refractivity contribution in [2.45, 2.75) is 18.3 Å². The van der Waals surface area contributed by atoms with Crippen molar-refractivity contribution in [1.29, 1.82) is 0 Å². The second-order valence-electron chi connectivity index (χ2n) is 2.70. The lowest BCUT2D eigenvalue weighted by Crippen LogP contribution is -2.18. The minimum Gasteiger partial charge on any atom is -0.403 e. The summed E-state index contributed by atoms with van der Waals surface area (Å²) in [5.41, 5.74) is 0.820. The average Bonchev–Trinajstić information content (AvgIpc) is 2.19. The number of pyridine rings is 1. The summed E-state index contributed by atoms with van der Waals surface area (Å²) >= 11 is 4.84. The smallest absolute Gasteiger partial charge is 0.403 e. The number of aliphatic hydroxyl groups is 1. The standard InChI is InChI=1S/C8H6BrF3INO2/c9-1-4-5(3-15)14-2-6(7(4)13)16-8(10,11)12/h2,15H,1,3H2. The van der Waals surface area contributed by atoms with Gasteiger partial charge in [0.2, 0.25) is 0 Å². The van der Waals surface area contributed by atoms with Gasteiger partial charge in [-0.15, -0.1) is 13.2 Å². The first kappa shape index (κ1) is 14.0. The second kappa shape index (κ2) is 5.50. The van der Waals surface area contributed by atoms with Gasteiger partial charge in [0.1, 0.15) is 0 Å². The molecule has 0 radical (unpaired) electrons. The SMILES string of the molecule is OCc1ncc(OC(F)(F)F)c(I)c1CBr. The lowest BCUT2D eigenvalue weighted by Gasteiger charge is -2.13. The molecule has 0 saturated carbocycles. The zero-order valence-corrected chi connectivity index (χ0v) is 11.4. The molecule has 8 heteroatoms. The molecule has 0 bridgehead atoms. The van der Waals surface area contributed by atoms with Crippen LogP contribution in [0.3, 0.4) is 0 Å². The molecule has 0 aromatic carbocycles. The van der Waals surface area contributed by atoms with Crippen LogP contribution in [0.2, 0.25) is 0 Å². The van der Waals surface area contributed by atoms with E-state index in [1.807, 2.05) is 0 Å². The fraction of sp³-hybridized carbons (Fsp3) is 0.375. The topological polar surface area (TPSA) is 42.4 Å². The van der Waals surface area contributed by atoms with E-state index in [4.69, 9.17) is 5.11 Å². The lowest BCUT2D eigenvalue weighted by atomic mass is 10.2. The Kier molecular flexibility index (Phi) is 4.80. The number of hydrogen-bond donors (Lipinski definition) is 1. The molecule has 0 atom stereocenters. The molecule has 1 N–H and O–H groups in total. The summed E-state index contributed by atoms with van der Waals surface area (Å²) in [7, 11) is 0. The summed E-state index contributed by atoms with van der Waals surface area (Å²) in [4.78, 5) is 3.70. The van der Waals surface area contributed by atoms with Crippen LogP contribution in [0.25, 0.3) is 0 Å². The van der Waals surface area contributed by atoms with E-state index in [1.165, 1.54) is 0 Å². The molecule has 0 amide bonds. The fourth-order valence-corrected chi connectivity index (χ4v) is 2.89. The van der Waals surface area contributed by atoms with Crippen molar-refractivity contribution in [1.82, 2.24) is 4.98 Å². The molecule has 0 aliphatic rings. The van der Waals surface area contributed by atoms with E-state index in [2.05, 4.69) is 25.7 Å². The van der Waals surface area contributed by atoms with E-state index < -0.39 is 6.36 Å². The van der Waals surface area contributed by atoms with Crippen LogP contribution < -0.4 is 4.74 Å². The molecular weight excluding hydrogens is 406 g/mol. The minimum absolute atomic E-state index is 0.283. The number of rotatable bonds is 3. The Morgan fingerprint density at radius 3 is 2.56 bits per heavy atom. The Hall–Kier alpha value is -0.0900. The second-order valence-corrected chi connectivity index (χ2v) is 4.34. The molecule has 0 fully saturated rings. The van der Waals surface area contributed by atoms with Crippen molar-refractivity contribution in [2.75, 3.05) is 0 Å². The number of alkyl halides is 4. The highest BCUT2D eigenvalue weighted by Crippen LogP contribution is 2.31. The first-order valence-corrected chi connectivity index (χ1v) is 6.18. The molecule has 1 aromatic rings. The van der Waals surface area contributed by atoms with Gasteiger partial charge >= 0.3 is 6.36 Å². The number of aliphatic hydroxyl groups excluding tert-OH is 1. The van der Waals surface area contributed by atoms with Gasteiger partial charge in [-0.1, -0.05) is 15.9 Å². The van der Waals surface area contributed by atoms with Crippen molar-refractivity contribution in [2.24, 2.45) is 0 Å². The van der Waals surface area contributed by atoms with Gasteiger partial charge in [0.05, 0.1) is 22.1 Å². The highest BCUT2D eigenvalue weighted by atomic mass is 127. The third-order valence-electron chi connectivity index (χ3n) is 1.68. The quantitative estimate of drug-likeness (QED) is 0.614. The highest BCUT2D eigenvalue weighted by Gasteiger charge is 2.32. The Balaban J connectivity index is 3.14. The predicted molar refractivity (Wildman–Crippen MR) is 62.2 cm³/mol. The van der Waals surface area contributed by atoms with E-state index in [0.717, 1.165) is 6.20 Å². The Morgan fingerprint density at radius 2 is 2.12 bits per heavy atom. The summed E-state index contributed by atoms with van der Waals surface area (Å²) < 4.78 is 40.2. The molecule has 1 aromatic heterocycles. The van der Waals surface area contributed by atoms with Gasteiger partial charge in [0.15, 0.2) is 5.75 Å². The molecule has 0 saturated heterocycles. The summed E-state index contributed by atoms with van der Waals surface area (Å²) in [5, 5.41) is 9.24. The Morgan fingerprint density at radius 1 is 1.50 bits per heavy atom. The van der Waals surface area contributed by atoms with E-state index in [9.17, 15) is 13.2 Å². The highest BCUT2D eigenvalue weighted by molar-refractivity contribution is 14.1. The van der Waals surface area contributed by atoms with E-state index in [1.54, 1.807) is 22.6 Å². The van der Waals surface area contributed by atoms with Crippen LogP contribution in [0.5, 0.6) is 5.75 Å². The van der Waals surface area contributed by atoms with E-state index >= 15 is 0 Å². The van der Waals surface area contributed by atoms with Gasteiger partial charge in [-0.05, 0) is 22.6 Å². The summed E-state index contributed by atoms with van der Waals surface area (Å²) in [6.45, 7) is -0.330. The van der Waals surface area contributed by atoms with Crippen LogP contribution in [0.15, 0.2) is 6.20 Å². The minimum atomic E-state index is -4.74. The summed E-state index contributed by atoms with van der Waals surface area (Å²) in [6, 6.07) is 0. The number of hydrogen-bond acceptors (Lipinski definition) is 3. The van der Waals surface area contributed by atoms with Gasteiger partial charge in [-0.3, -0.25) is 4.98 Å². The number of nitrogens with zero attached hydrogens (tertiary/aromatic N) is 1. The van der Waals surface area contributed by atoms with Crippen LogP contribution in [0.1, 0.15) is 11.3 Å². The number of aromatic nitrogens is 1. The molecule has 16 heavy (non-hydrogen) atoms. The summed E-state index contributed by atoms with van der Waals surface area (Å²) in [6.07, 6.45) is -3.79. The maximum Gasteiger partial charge on any atom is 0.573 e. The maximum atomic E-state index is 12.0. The molecule has 0 unspecified atom stereocenters. The predicted octanol–water partition coefficient (Wildman–Crippen LogP) is 2.97. The van der Waals surface area contributed by atoms with Gasteiger partial charge in [-0.2, -0.15) is 0 Å². The van der Waals surface area contributed by atoms with Crippen LogP contribution in [-0.2, 0) is 11.9 Å². The van der Waals surface area contributed by atoms with Gasteiger partial charge < -0.3 is 9.84 Å². The first-order valence-electron chi connectivity index (χ1n) is 3.98. The molecule has 90 valence electrons. The first-order chi connectivity index (χ1) is 7.39. The van der Waals surface area contributed by atoms with Crippen molar-refractivity contribution in [3.05, 3.63) is 21.0 Å². The molecule has 0 aliphatic carbocycles. The summed E-state index contributed by atoms with van der Waals surface area (Å²) in [5.74, 6) is -0.361. The fourth-order valence-electron chi connectivity index (χ4n) is 1.01. The Bertz CT molecular complexity index is 386. The van der Waals surface area contributed by atoms with Crippen LogP contribution in [0, 0.1) is 3.57 Å². The molecule has 0 spiro atoms. The van der Waals surface area contributed by atoms with Gasteiger partial charge in [-0.25, -0.2) is 0 Å². The number of halogens is 5. The average molecular weight is 412 g/mol. The van der Waals surface area contributed by atoms with Crippen LogP contribution in [-0.4, -0.2) is 16.5 Å². The number of ether oxygens (including phenoxy) is 1. The van der Waals surface area contributed by atoms with Crippen molar-refractivity contribution >= 4 is 38.5 Å². The van der Waals surface area contributed by atoms with Crippen LogP contribution >= 0.6 is 38.5 Å². The molecular formula is C8H6BrF3INO2. The van der Waals surface area contributed by atoms with E-state index in [0.29, 0.717) is 16.6 Å². The van der Waals surface area contributed by atoms with Crippen molar-refractivity contribution < 1.29 is 23.0 Å². The molecule has 0 aliphatic heterocycles.